The highest BCUT2D eigenvalue weighted by Gasteiger charge is 2.16. The second-order valence-electron chi connectivity index (χ2n) is 8.12. The molecule has 0 saturated carbocycles. The number of carbonyl (C=O) groups is 1. The molecule has 0 fully saturated rings. The van der Waals surface area contributed by atoms with Crippen LogP contribution in [0.5, 0.6) is 0 Å². The molecular formula is C24H23ClN4O2. The van der Waals surface area contributed by atoms with Gasteiger partial charge in [-0.25, -0.2) is 9.78 Å². The normalized spacial score (nSPS) is 11.4. The topological polar surface area (TPSA) is 68.2 Å². The van der Waals surface area contributed by atoms with Crippen molar-refractivity contribution in [2.24, 2.45) is 0 Å². The van der Waals surface area contributed by atoms with Crippen LogP contribution in [0.15, 0.2) is 73.1 Å². The van der Waals surface area contributed by atoms with Gasteiger partial charge in [0, 0.05) is 28.0 Å². The molecule has 2 aromatic carbocycles. The molecule has 31 heavy (non-hydrogen) atoms. The maximum absolute atomic E-state index is 11.9. The summed E-state index contributed by atoms with van der Waals surface area (Å²) in [4.78, 5) is 16.4. The lowest BCUT2D eigenvalue weighted by Crippen LogP contribution is -2.27. The predicted octanol–water partition coefficient (Wildman–Crippen LogP) is 6.77. The molecule has 0 saturated heterocycles. The molecule has 0 spiro atoms. The second-order valence-corrected chi connectivity index (χ2v) is 8.56. The molecular weight excluding hydrogens is 412 g/mol. The Kier molecular flexibility index (Phi) is 5.57. The van der Waals surface area contributed by atoms with Crippen molar-refractivity contribution < 1.29 is 9.53 Å². The maximum atomic E-state index is 11.9. The van der Waals surface area contributed by atoms with E-state index in [9.17, 15) is 4.79 Å². The van der Waals surface area contributed by atoms with Crippen LogP contribution < -0.4 is 10.6 Å². The lowest BCUT2D eigenvalue weighted by molar-refractivity contribution is 0.0636. The lowest BCUT2D eigenvalue weighted by Gasteiger charge is -2.19. The van der Waals surface area contributed by atoms with Gasteiger partial charge in [0.1, 0.15) is 11.4 Å². The van der Waals surface area contributed by atoms with Crippen molar-refractivity contribution in [2.45, 2.75) is 26.4 Å². The SMILES string of the molecule is CC(C)(C)OC(=O)Nc1ccc(-n2ccc3cc(Nc4ccc(Cl)cc4)ccc32)nc1. The van der Waals surface area contributed by atoms with Crippen molar-refractivity contribution in [1.82, 2.24) is 9.55 Å². The molecule has 2 aromatic heterocycles. The summed E-state index contributed by atoms with van der Waals surface area (Å²) in [7, 11) is 0. The summed E-state index contributed by atoms with van der Waals surface area (Å²) in [5, 5.41) is 7.86. The van der Waals surface area contributed by atoms with E-state index in [1.807, 2.05) is 80.1 Å². The lowest BCUT2D eigenvalue weighted by atomic mass is 10.2. The van der Waals surface area contributed by atoms with Crippen molar-refractivity contribution in [1.29, 1.82) is 0 Å². The smallest absolute Gasteiger partial charge is 0.412 e. The minimum atomic E-state index is -0.553. The van der Waals surface area contributed by atoms with Gasteiger partial charge < -0.3 is 14.6 Å². The molecule has 0 unspecified atom stereocenters. The third-order valence-electron chi connectivity index (χ3n) is 4.46. The molecule has 0 atom stereocenters. The molecule has 2 heterocycles. The van der Waals surface area contributed by atoms with Crippen LogP contribution in [0.4, 0.5) is 21.9 Å². The molecule has 0 aliphatic carbocycles. The predicted molar refractivity (Wildman–Crippen MR) is 126 cm³/mol. The van der Waals surface area contributed by atoms with Crippen molar-refractivity contribution in [3.8, 4) is 5.82 Å². The van der Waals surface area contributed by atoms with Crippen LogP contribution in [-0.2, 0) is 4.74 Å². The summed E-state index contributed by atoms with van der Waals surface area (Å²) < 4.78 is 7.26. The number of fused-ring (bicyclic) bond motifs is 1. The van der Waals surface area contributed by atoms with Crippen LogP contribution in [-0.4, -0.2) is 21.2 Å². The molecule has 2 N–H and O–H groups in total. The molecule has 4 aromatic rings. The molecule has 0 aliphatic heterocycles. The maximum Gasteiger partial charge on any atom is 0.412 e. The minimum absolute atomic E-state index is 0.505. The number of nitrogens with one attached hydrogen (secondary N) is 2. The number of halogens is 1. The quantitative estimate of drug-likeness (QED) is 0.372. The highest BCUT2D eigenvalue weighted by molar-refractivity contribution is 6.30. The van der Waals surface area contributed by atoms with Crippen molar-refractivity contribution in [3.05, 3.63) is 78.1 Å². The van der Waals surface area contributed by atoms with E-state index in [4.69, 9.17) is 16.3 Å². The highest BCUT2D eigenvalue weighted by Crippen LogP contribution is 2.26. The van der Waals surface area contributed by atoms with E-state index in [1.165, 1.54) is 0 Å². The summed E-state index contributed by atoms with van der Waals surface area (Å²) >= 11 is 5.95. The van der Waals surface area contributed by atoms with Crippen LogP contribution >= 0.6 is 11.6 Å². The van der Waals surface area contributed by atoms with Gasteiger partial charge in [0.2, 0.25) is 0 Å². The van der Waals surface area contributed by atoms with E-state index in [0.717, 1.165) is 28.1 Å². The third kappa shape index (κ3) is 5.16. The molecule has 6 nitrogen and oxygen atoms in total. The summed E-state index contributed by atoms with van der Waals surface area (Å²) in [6.45, 7) is 5.46. The number of benzene rings is 2. The number of amides is 1. The first-order valence-electron chi connectivity index (χ1n) is 9.87. The van der Waals surface area contributed by atoms with E-state index in [-0.39, 0.29) is 0 Å². The van der Waals surface area contributed by atoms with Gasteiger partial charge in [-0.2, -0.15) is 0 Å². The zero-order valence-corrected chi connectivity index (χ0v) is 18.3. The van der Waals surface area contributed by atoms with Crippen molar-refractivity contribution in [3.63, 3.8) is 0 Å². The van der Waals surface area contributed by atoms with E-state index in [0.29, 0.717) is 10.7 Å². The number of hydrogen-bond donors (Lipinski definition) is 2. The first-order valence-corrected chi connectivity index (χ1v) is 10.2. The van der Waals surface area contributed by atoms with E-state index in [1.54, 1.807) is 12.3 Å². The number of nitrogens with zero attached hydrogens (tertiary/aromatic N) is 2. The zero-order chi connectivity index (χ0) is 22.0. The van der Waals surface area contributed by atoms with Crippen LogP contribution in [0.1, 0.15) is 20.8 Å². The second kappa shape index (κ2) is 8.32. The largest absolute Gasteiger partial charge is 0.444 e. The first kappa shape index (κ1) is 20.8. The monoisotopic (exact) mass is 434 g/mol. The standard InChI is InChI=1S/C24H23ClN4O2/c1-24(2,3)31-23(30)28-20-9-11-22(26-15-20)29-13-12-16-14-19(8-10-21(16)29)27-18-6-4-17(25)5-7-18/h4-15,27H,1-3H3,(H,28,30). The fraction of sp³-hybridized carbons (Fsp3) is 0.167. The average molecular weight is 435 g/mol. The van der Waals surface area contributed by atoms with Gasteiger partial charge in [0.15, 0.2) is 0 Å². The Balaban J connectivity index is 1.50. The molecule has 0 bridgehead atoms. The Labute approximate surface area is 185 Å². The van der Waals surface area contributed by atoms with Gasteiger partial charge in [0.05, 0.1) is 17.4 Å². The van der Waals surface area contributed by atoms with Crippen LogP contribution in [0, 0.1) is 0 Å². The van der Waals surface area contributed by atoms with Gasteiger partial charge >= 0.3 is 6.09 Å². The van der Waals surface area contributed by atoms with E-state index >= 15 is 0 Å². The van der Waals surface area contributed by atoms with Gasteiger partial charge in [-0.15, -0.1) is 0 Å². The molecule has 1 amide bonds. The van der Waals surface area contributed by atoms with E-state index in [2.05, 4.69) is 21.7 Å². The summed E-state index contributed by atoms with van der Waals surface area (Å²) in [6.07, 6.45) is 3.08. The molecule has 158 valence electrons. The fourth-order valence-electron chi connectivity index (χ4n) is 3.14. The van der Waals surface area contributed by atoms with Crippen molar-refractivity contribution in [2.75, 3.05) is 10.6 Å². The number of pyridine rings is 1. The van der Waals surface area contributed by atoms with Crippen LogP contribution in [0.2, 0.25) is 5.02 Å². The van der Waals surface area contributed by atoms with Crippen LogP contribution in [0.3, 0.4) is 0 Å². The number of hydrogen-bond acceptors (Lipinski definition) is 4. The van der Waals surface area contributed by atoms with Gasteiger partial charge in [0.25, 0.3) is 0 Å². The Morgan fingerprint density at radius 2 is 1.68 bits per heavy atom. The number of rotatable bonds is 4. The zero-order valence-electron chi connectivity index (χ0n) is 17.5. The first-order chi connectivity index (χ1) is 14.8. The van der Waals surface area contributed by atoms with E-state index < -0.39 is 11.7 Å². The number of ether oxygens (including phenoxy) is 1. The molecule has 0 aliphatic rings. The Morgan fingerprint density at radius 1 is 0.968 bits per heavy atom. The molecule has 0 radical (unpaired) electrons. The Bertz CT molecular complexity index is 1210. The van der Waals surface area contributed by atoms with Crippen molar-refractivity contribution >= 4 is 45.7 Å². The number of carbonyl (C=O) groups excluding carboxylic acids is 1. The van der Waals surface area contributed by atoms with Gasteiger partial charge in [-0.3, -0.25) is 5.32 Å². The van der Waals surface area contributed by atoms with Crippen LogP contribution in [0.25, 0.3) is 16.7 Å². The van der Waals surface area contributed by atoms with Gasteiger partial charge in [-0.05, 0) is 81.4 Å². The third-order valence-corrected chi connectivity index (χ3v) is 4.72. The summed E-state index contributed by atoms with van der Waals surface area (Å²) in [6, 6.07) is 19.4. The Morgan fingerprint density at radius 3 is 2.35 bits per heavy atom. The fourth-order valence-corrected chi connectivity index (χ4v) is 3.27. The summed E-state index contributed by atoms with van der Waals surface area (Å²) in [5.74, 6) is 0.753. The average Bonchev–Trinajstić information content (AvgIpc) is 3.12. The summed E-state index contributed by atoms with van der Waals surface area (Å²) in [5.41, 5.74) is 3.00. The highest BCUT2D eigenvalue weighted by atomic mass is 35.5. The molecule has 4 rings (SSSR count). The number of anilines is 3. The minimum Gasteiger partial charge on any atom is -0.444 e. The van der Waals surface area contributed by atoms with Gasteiger partial charge in [-0.1, -0.05) is 11.6 Å². The molecule has 7 heteroatoms. The number of aromatic nitrogens is 2. The Hall–Kier alpha value is -3.51.